The number of urea groups is 1. The second kappa shape index (κ2) is 9.60. The maximum atomic E-state index is 12.4. The molecule has 0 spiro atoms. The van der Waals surface area contributed by atoms with E-state index in [-0.39, 0.29) is 12.6 Å². The normalized spacial score (nSPS) is 17.6. The van der Waals surface area contributed by atoms with Crippen molar-refractivity contribution in [3.8, 4) is 0 Å². The van der Waals surface area contributed by atoms with E-state index in [0.29, 0.717) is 32.6 Å². The summed E-state index contributed by atoms with van der Waals surface area (Å²) in [4.78, 5) is 16.3. The molecule has 1 saturated heterocycles. The molecule has 156 valence electrons. The summed E-state index contributed by atoms with van der Waals surface area (Å²) in [5.74, 6) is 0. The minimum absolute atomic E-state index is 0.0614. The number of piperazine rings is 1. The topological polar surface area (TPSA) is 44.8 Å². The number of rotatable bonds is 7. The first-order valence-electron chi connectivity index (χ1n) is 9.91. The molecule has 2 amide bonds. The van der Waals surface area contributed by atoms with E-state index in [1.54, 1.807) is 4.90 Å². The van der Waals surface area contributed by atoms with Gasteiger partial charge in [-0.05, 0) is 42.4 Å². The number of alkyl halides is 3. The summed E-state index contributed by atoms with van der Waals surface area (Å²) in [6.07, 6.45) is -0.218. The third kappa shape index (κ3) is 6.38. The van der Waals surface area contributed by atoms with E-state index in [1.165, 1.54) is 17.5 Å². The van der Waals surface area contributed by atoms with Crippen molar-refractivity contribution in [2.24, 2.45) is 0 Å². The number of carbonyl (C=O) groups excluding carboxylic acids is 1. The van der Waals surface area contributed by atoms with Gasteiger partial charge in [-0.3, -0.25) is 4.90 Å². The summed E-state index contributed by atoms with van der Waals surface area (Å²) in [6.45, 7) is 2.83. The number of halogens is 3. The Balaban J connectivity index is 1.30. The molecule has 28 heavy (non-hydrogen) atoms. The molecule has 0 atom stereocenters. The maximum absolute atomic E-state index is 12.4. The van der Waals surface area contributed by atoms with Gasteiger partial charge in [0.25, 0.3) is 0 Å². The third-order valence-corrected chi connectivity index (χ3v) is 5.29. The van der Waals surface area contributed by atoms with Crippen LogP contribution in [-0.2, 0) is 24.1 Å². The molecule has 3 rings (SSSR count). The molecule has 0 saturated carbocycles. The highest BCUT2D eigenvalue weighted by molar-refractivity contribution is 5.74. The van der Waals surface area contributed by atoms with Gasteiger partial charge in [0.1, 0.15) is 6.61 Å². The van der Waals surface area contributed by atoms with Crippen molar-refractivity contribution in [2.45, 2.75) is 38.4 Å². The lowest BCUT2D eigenvalue weighted by Crippen LogP contribution is -2.51. The summed E-state index contributed by atoms with van der Waals surface area (Å²) in [5, 5.41) is 2.99. The molecular weight excluding hydrogens is 371 g/mol. The Hall–Kier alpha value is -1.80. The molecule has 0 unspecified atom stereocenters. The highest BCUT2D eigenvalue weighted by atomic mass is 19.4. The predicted molar refractivity (Wildman–Crippen MR) is 100 cm³/mol. The third-order valence-electron chi connectivity index (χ3n) is 5.29. The molecule has 1 aliphatic carbocycles. The van der Waals surface area contributed by atoms with Crippen LogP contribution in [0.2, 0.25) is 0 Å². The Morgan fingerprint density at radius 3 is 2.61 bits per heavy atom. The molecule has 1 N–H and O–H groups in total. The van der Waals surface area contributed by atoms with Crippen LogP contribution in [0, 0.1) is 0 Å². The van der Waals surface area contributed by atoms with Crippen LogP contribution in [-0.4, -0.2) is 67.9 Å². The van der Waals surface area contributed by atoms with Crippen LogP contribution in [0.1, 0.15) is 29.5 Å². The minimum Gasteiger partial charge on any atom is -0.372 e. The van der Waals surface area contributed by atoms with Gasteiger partial charge in [0, 0.05) is 45.9 Å². The first-order valence-corrected chi connectivity index (χ1v) is 9.91. The van der Waals surface area contributed by atoms with Crippen LogP contribution in [0.4, 0.5) is 18.0 Å². The zero-order valence-electron chi connectivity index (χ0n) is 16.1. The SMILES string of the molecule is O=C(NCc1ccc2c(c1)CCC2)N1CCN(CCCOCC(F)(F)F)CC1. The number of amides is 2. The zero-order valence-corrected chi connectivity index (χ0v) is 16.1. The molecule has 1 heterocycles. The number of hydrogen-bond acceptors (Lipinski definition) is 3. The molecule has 0 bridgehead atoms. The number of aryl methyl sites for hydroxylation is 2. The van der Waals surface area contributed by atoms with Crippen molar-refractivity contribution in [2.75, 3.05) is 45.9 Å². The molecule has 5 nitrogen and oxygen atoms in total. The molecular formula is C20H28F3N3O2. The number of benzene rings is 1. The molecule has 1 aromatic carbocycles. The van der Waals surface area contributed by atoms with E-state index in [0.717, 1.165) is 31.5 Å². The van der Waals surface area contributed by atoms with Crippen molar-refractivity contribution < 1.29 is 22.7 Å². The fourth-order valence-electron chi connectivity index (χ4n) is 3.78. The standard InChI is InChI=1S/C20H28F3N3O2/c21-20(22,23)15-28-12-2-7-25-8-10-26(11-9-25)19(27)24-14-16-5-6-17-3-1-4-18(17)13-16/h5-6,13H,1-4,7-12,14-15H2,(H,24,27). The van der Waals surface area contributed by atoms with Crippen molar-refractivity contribution in [3.05, 3.63) is 34.9 Å². The Labute approximate surface area is 163 Å². The summed E-state index contributed by atoms with van der Waals surface area (Å²) in [7, 11) is 0. The Morgan fingerprint density at radius 2 is 1.86 bits per heavy atom. The first kappa shape index (κ1) is 20.9. The molecule has 0 aromatic heterocycles. The Morgan fingerprint density at radius 1 is 1.11 bits per heavy atom. The van der Waals surface area contributed by atoms with Crippen LogP contribution < -0.4 is 5.32 Å². The van der Waals surface area contributed by atoms with Crippen molar-refractivity contribution in [3.63, 3.8) is 0 Å². The van der Waals surface area contributed by atoms with Gasteiger partial charge in [-0.15, -0.1) is 0 Å². The van der Waals surface area contributed by atoms with Gasteiger partial charge in [0.15, 0.2) is 0 Å². The van der Waals surface area contributed by atoms with Crippen molar-refractivity contribution in [1.82, 2.24) is 15.1 Å². The van der Waals surface area contributed by atoms with Crippen molar-refractivity contribution >= 4 is 6.03 Å². The molecule has 1 fully saturated rings. The average Bonchev–Trinajstić information content (AvgIpc) is 3.13. The summed E-state index contributed by atoms with van der Waals surface area (Å²) >= 11 is 0. The number of carbonyl (C=O) groups is 1. The minimum atomic E-state index is -4.27. The Kier molecular flexibility index (Phi) is 7.18. The van der Waals surface area contributed by atoms with Crippen LogP contribution in [0.3, 0.4) is 0 Å². The van der Waals surface area contributed by atoms with Gasteiger partial charge >= 0.3 is 12.2 Å². The quantitative estimate of drug-likeness (QED) is 0.717. The van der Waals surface area contributed by atoms with Crippen LogP contribution >= 0.6 is 0 Å². The monoisotopic (exact) mass is 399 g/mol. The lowest BCUT2D eigenvalue weighted by atomic mass is 10.1. The molecule has 1 aromatic rings. The van der Waals surface area contributed by atoms with Gasteiger partial charge in [0.2, 0.25) is 0 Å². The second-order valence-corrected chi connectivity index (χ2v) is 7.47. The highest BCUT2D eigenvalue weighted by Crippen LogP contribution is 2.22. The summed E-state index contributed by atoms with van der Waals surface area (Å²) in [5.41, 5.74) is 3.96. The second-order valence-electron chi connectivity index (χ2n) is 7.47. The van der Waals surface area contributed by atoms with Gasteiger partial charge < -0.3 is 15.0 Å². The van der Waals surface area contributed by atoms with E-state index in [4.69, 9.17) is 0 Å². The fraction of sp³-hybridized carbons (Fsp3) is 0.650. The van der Waals surface area contributed by atoms with Gasteiger partial charge in [-0.2, -0.15) is 13.2 Å². The van der Waals surface area contributed by atoms with E-state index >= 15 is 0 Å². The molecule has 8 heteroatoms. The van der Waals surface area contributed by atoms with Gasteiger partial charge in [0.05, 0.1) is 0 Å². The van der Waals surface area contributed by atoms with Crippen LogP contribution in [0.5, 0.6) is 0 Å². The van der Waals surface area contributed by atoms with E-state index in [1.807, 2.05) is 0 Å². The number of ether oxygens (including phenoxy) is 1. The summed E-state index contributed by atoms with van der Waals surface area (Å²) < 4.78 is 40.6. The summed E-state index contributed by atoms with van der Waals surface area (Å²) in [6, 6.07) is 6.39. The number of nitrogens with zero attached hydrogens (tertiary/aromatic N) is 2. The van der Waals surface area contributed by atoms with Gasteiger partial charge in [-0.1, -0.05) is 18.2 Å². The number of hydrogen-bond donors (Lipinski definition) is 1. The lowest BCUT2D eigenvalue weighted by molar-refractivity contribution is -0.174. The molecule has 2 aliphatic rings. The number of fused-ring (bicyclic) bond motifs is 1. The van der Waals surface area contributed by atoms with E-state index in [2.05, 4.69) is 33.2 Å². The fourth-order valence-corrected chi connectivity index (χ4v) is 3.78. The average molecular weight is 399 g/mol. The molecule has 1 aliphatic heterocycles. The largest absolute Gasteiger partial charge is 0.411 e. The lowest BCUT2D eigenvalue weighted by Gasteiger charge is -2.34. The van der Waals surface area contributed by atoms with E-state index < -0.39 is 12.8 Å². The first-order chi connectivity index (χ1) is 13.4. The maximum Gasteiger partial charge on any atom is 0.411 e. The Bertz CT molecular complexity index is 659. The molecule has 0 radical (unpaired) electrons. The van der Waals surface area contributed by atoms with Gasteiger partial charge in [-0.25, -0.2) is 4.79 Å². The smallest absolute Gasteiger partial charge is 0.372 e. The highest BCUT2D eigenvalue weighted by Gasteiger charge is 2.27. The van der Waals surface area contributed by atoms with Crippen molar-refractivity contribution in [1.29, 1.82) is 0 Å². The van der Waals surface area contributed by atoms with E-state index in [9.17, 15) is 18.0 Å². The predicted octanol–water partition coefficient (Wildman–Crippen LogP) is 2.97. The van der Waals surface area contributed by atoms with Crippen LogP contribution in [0.15, 0.2) is 18.2 Å². The number of nitrogens with one attached hydrogen (secondary N) is 1. The zero-order chi connectivity index (χ0) is 20.0. The van der Waals surface area contributed by atoms with Crippen LogP contribution in [0.25, 0.3) is 0 Å².